The fraction of sp³-hybridized carbons (Fsp3) is 0.643. The van der Waals surface area contributed by atoms with E-state index >= 15 is 0 Å². The second-order valence-electron chi connectivity index (χ2n) is 5.71. The molecule has 6 nitrogen and oxygen atoms in total. The average molecular weight is 282 g/mol. The van der Waals surface area contributed by atoms with Crippen LogP contribution in [0.15, 0.2) is 11.1 Å². The monoisotopic (exact) mass is 282 g/mol. The summed E-state index contributed by atoms with van der Waals surface area (Å²) in [5.74, 6) is -1.85. The molecule has 0 atom stereocenters. The molecule has 1 rings (SSSR count). The van der Waals surface area contributed by atoms with E-state index in [0.717, 1.165) is 12.8 Å². The van der Waals surface area contributed by atoms with Crippen LogP contribution in [-0.4, -0.2) is 29.6 Å². The first-order valence-corrected chi connectivity index (χ1v) is 6.75. The SMILES string of the molecule is CC(C(=O)O)=C(C)C(=O)NC(=O)NCC1(C)CCCC1. The first-order valence-electron chi connectivity index (χ1n) is 6.75. The van der Waals surface area contributed by atoms with Gasteiger partial charge in [0, 0.05) is 17.7 Å². The van der Waals surface area contributed by atoms with Gasteiger partial charge in [0.25, 0.3) is 5.91 Å². The van der Waals surface area contributed by atoms with Gasteiger partial charge in [-0.1, -0.05) is 19.8 Å². The number of carbonyl (C=O) groups is 3. The minimum atomic E-state index is -1.17. The summed E-state index contributed by atoms with van der Waals surface area (Å²) in [5.41, 5.74) is 0.0557. The van der Waals surface area contributed by atoms with Crippen LogP contribution in [0.1, 0.15) is 46.5 Å². The number of hydrogen-bond donors (Lipinski definition) is 3. The first-order chi connectivity index (χ1) is 9.25. The van der Waals surface area contributed by atoms with E-state index < -0.39 is 17.9 Å². The third-order valence-corrected chi connectivity index (χ3v) is 3.94. The van der Waals surface area contributed by atoms with Gasteiger partial charge in [0.05, 0.1) is 0 Å². The van der Waals surface area contributed by atoms with Crippen LogP contribution in [-0.2, 0) is 9.59 Å². The van der Waals surface area contributed by atoms with E-state index in [2.05, 4.69) is 17.6 Å². The highest BCUT2D eigenvalue weighted by atomic mass is 16.4. The van der Waals surface area contributed by atoms with Crippen LogP contribution < -0.4 is 10.6 Å². The van der Waals surface area contributed by atoms with Gasteiger partial charge in [-0.05, 0) is 32.1 Å². The van der Waals surface area contributed by atoms with Crippen molar-refractivity contribution < 1.29 is 19.5 Å². The third kappa shape index (κ3) is 4.36. The minimum absolute atomic E-state index is 0.0275. The van der Waals surface area contributed by atoms with Crippen LogP contribution in [0.5, 0.6) is 0 Å². The second kappa shape index (κ2) is 6.54. The zero-order valence-corrected chi connectivity index (χ0v) is 12.2. The van der Waals surface area contributed by atoms with E-state index in [1.54, 1.807) is 0 Å². The van der Waals surface area contributed by atoms with Crippen molar-refractivity contribution >= 4 is 17.9 Å². The molecule has 3 N–H and O–H groups in total. The van der Waals surface area contributed by atoms with E-state index in [1.165, 1.54) is 26.7 Å². The van der Waals surface area contributed by atoms with Crippen LogP contribution in [0.2, 0.25) is 0 Å². The van der Waals surface area contributed by atoms with Crippen LogP contribution in [0.25, 0.3) is 0 Å². The Morgan fingerprint density at radius 3 is 2.15 bits per heavy atom. The topological polar surface area (TPSA) is 95.5 Å². The Balaban J connectivity index is 2.48. The highest BCUT2D eigenvalue weighted by Crippen LogP contribution is 2.36. The van der Waals surface area contributed by atoms with Crippen molar-refractivity contribution in [1.82, 2.24) is 10.6 Å². The normalized spacial score (nSPS) is 18.1. The minimum Gasteiger partial charge on any atom is -0.478 e. The van der Waals surface area contributed by atoms with Gasteiger partial charge in [-0.15, -0.1) is 0 Å². The van der Waals surface area contributed by atoms with Gasteiger partial charge in [-0.2, -0.15) is 0 Å². The van der Waals surface area contributed by atoms with Gasteiger partial charge in [0.15, 0.2) is 0 Å². The average Bonchev–Trinajstić information content (AvgIpc) is 2.82. The fourth-order valence-corrected chi connectivity index (χ4v) is 2.27. The van der Waals surface area contributed by atoms with Gasteiger partial charge < -0.3 is 10.4 Å². The van der Waals surface area contributed by atoms with E-state index in [4.69, 9.17) is 5.11 Å². The van der Waals surface area contributed by atoms with Crippen molar-refractivity contribution in [3.05, 3.63) is 11.1 Å². The quantitative estimate of drug-likeness (QED) is 0.685. The summed E-state index contributed by atoms with van der Waals surface area (Å²) in [6, 6.07) is -0.583. The summed E-state index contributed by atoms with van der Waals surface area (Å²) in [4.78, 5) is 34.1. The van der Waals surface area contributed by atoms with Gasteiger partial charge in [0.2, 0.25) is 0 Å². The Kier molecular flexibility index (Phi) is 5.30. The molecule has 0 radical (unpaired) electrons. The highest BCUT2D eigenvalue weighted by molar-refractivity contribution is 6.07. The fourth-order valence-electron chi connectivity index (χ4n) is 2.27. The number of aliphatic carboxylic acids is 1. The molecular formula is C14H22N2O4. The maximum absolute atomic E-state index is 11.7. The lowest BCUT2D eigenvalue weighted by Gasteiger charge is -2.23. The molecular weight excluding hydrogens is 260 g/mol. The summed E-state index contributed by atoms with van der Waals surface area (Å²) in [6.07, 6.45) is 4.47. The van der Waals surface area contributed by atoms with Crippen LogP contribution in [0.3, 0.4) is 0 Å². The Hall–Kier alpha value is -1.85. The summed E-state index contributed by atoms with van der Waals surface area (Å²) in [7, 11) is 0. The molecule has 1 aliphatic carbocycles. The number of rotatable bonds is 4. The largest absolute Gasteiger partial charge is 0.478 e. The van der Waals surface area contributed by atoms with E-state index in [-0.39, 0.29) is 16.6 Å². The smallest absolute Gasteiger partial charge is 0.331 e. The third-order valence-electron chi connectivity index (χ3n) is 3.94. The lowest BCUT2D eigenvalue weighted by atomic mass is 9.89. The molecule has 3 amide bonds. The molecule has 0 bridgehead atoms. The van der Waals surface area contributed by atoms with Crippen molar-refractivity contribution in [2.45, 2.75) is 46.5 Å². The number of amides is 3. The van der Waals surface area contributed by atoms with Crippen LogP contribution >= 0.6 is 0 Å². The standard InChI is InChI=1S/C14H22N2O4/c1-9(10(2)12(18)19)11(17)16-13(20)15-8-14(3)6-4-5-7-14/h4-8H2,1-3H3,(H,18,19)(H2,15,16,17,20). The van der Waals surface area contributed by atoms with Crippen LogP contribution in [0.4, 0.5) is 4.79 Å². The molecule has 6 heteroatoms. The number of hydrogen-bond acceptors (Lipinski definition) is 3. The predicted octanol–water partition coefficient (Wildman–Crippen LogP) is 1.81. The molecule has 0 aromatic rings. The zero-order chi connectivity index (χ0) is 15.3. The second-order valence-corrected chi connectivity index (χ2v) is 5.71. The Bertz CT molecular complexity index is 448. The molecule has 1 aliphatic rings. The van der Waals surface area contributed by atoms with E-state index in [1.807, 2.05) is 0 Å². The molecule has 0 aromatic carbocycles. The molecule has 0 spiro atoms. The van der Waals surface area contributed by atoms with Gasteiger partial charge >= 0.3 is 12.0 Å². The lowest BCUT2D eigenvalue weighted by molar-refractivity contribution is -0.133. The molecule has 1 saturated carbocycles. The van der Waals surface area contributed by atoms with E-state index in [0.29, 0.717) is 6.54 Å². The van der Waals surface area contributed by atoms with Crippen molar-refractivity contribution in [1.29, 1.82) is 0 Å². The molecule has 112 valence electrons. The van der Waals surface area contributed by atoms with Crippen molar-refractivity contribution in [3.8, 4) is 0 Å². The number of carboxylic acids is 1. The molecule has 20 heavy (non-hydrogen) atoms. The number of nitrogens with one attached hydrogen (secondary N) is 2. The molecule has 0 heterocycles. The molecule has 0 aromatic heterocycles. The van der Waals surface area contributed by atoms with Crippen molar-refractivity contribution in [2.24, 2.45) is 5.41 Å². The summed E-state index contributed by atoms with van der Waals surface area (Å²) in [5, 5.41) is 13.6. The Labute approximate surface area is 118 Å². The Morgan fingerprint density at radius 2 is 1.65 bits per heavy atom. The van der Waals surface area contributed by atoms with Gasteiger partial charge in [-0.25, -0.2) is 9.59 Å². The molecule has 0 unspecified atom stereocenters. The van der Waals surface area contributed by atoms with Gasteiger partial charge in [0.1, 0.15) is 0 Å². The first kappa shape index (κ1) is 16.2. The summed E-state index contributed by atoms with van der Waals surface area (Å²) in [6.45, 7) is 5.34. The number of imide groups is 1. The molecule has 0 saturated heterocycles. The number of carboxylic acid groups (broad SMARTS) is 1. The van der Waals surface area contributed by atoms with Crippen molar-refractivity contribution in [3.63, 3.8) is 0 Å². The lowest BCUT2D eigenvalue weighted by Crippen LogP contribution is -2.43. The van der Waals surface area contributed by atoms with Gasteiger partial charge in [-0.3, -0.25) is 10.1 Å². The number of urea groups is 1. The summed E-state index contributed by atoms with van der Waals surface area (Å²) < 4.78 is 0. The van der Waals surface area contributed by atoms with E-state index in [9.17, 15) is 14.4 Å². The number of carbonyl (C=O) groups excluding carboxylic acids is 2. The summed E-state index contributed by atoms with van der Waals surface area (Å²) >= 11 is 0. The highest BCUT2D eigenvalue weighted by Gasteiger charge is 2.29. The van der Waals surface area contributed by atoms with Crippen LogP contribution in [0, 0.1) is 5.41 Å². The maximum Gasteiger partial charge on any atom is 0.331 e. The molecule has 1 fully saturated rings. The Morgan fingerprint density at radius 1 is 1.10 bits per heavy atom. The zero-order valence-electron chi connectivity index (χ0n) is 12.2. The van der Waals surface area contributed by atoms with Crippen molar-refractivity contribution in [2.75, 3.05) is 6.54 Å². The predicted molar refractivity (Wildman–Crippen MR) is 74.1 cm³/mol. The maximum atomic E-state index is 11.7. The molecule has 0 aliphatic heterocycles.